The van der Waals surface area contributed by atoms with Crippen molar-refractivity contribution in [2.45, 2.75) is 12.5 Å². The molecule has 6 heteroatoms. The van der Waals surface area contributed by atoms with Crippen molar-refractivity contribution >= 4 is 5.82 Å². The number of hydrogen-bond acceptors (Lipinski definition) is 6. The maximum absolute atomic E-state index is 8.81. The second kappa shape index (κ2) is 5.39. The summed E-state index contributed by atoms with van der Waals surface area (Å²) in [5, 5.41) is 11.9. The van der Waals surface area contributed by atoms with E-state index in [0.717, 1.165) is 6.42 Å². The zero-order valence-electron chi connectivity index (χ0n) is 8.72. The molecule has 1 N–H and O–H groups in total. The molecule has 0 unspecified atom stereocenters. The minimum Gasteiger partial charge on any atom is -0.365 e. The molecule has 1 atom stereocenters. The van der Waals surface area contributed by atoms with Crippen molar-refractivity contribution in [2.75, 3.05) is 25.3 Å². The predicted molar refractivity (Wildman–Crippen MR) is 55.5 cm³/mol. The van der Waals surface area contributed by atoms with Gasteiger partial charge in [-0.15, -0.1) is 0 Å². The highest BCUT2D eigenvalue weighted by atomic mass is 16.7. The van der Waals surface area contributed by atoms with Crippen LogP contribution >= 0.6 is 0 Å². The number of aromatic nitrogens is 2. The fourth-order valence-electron chi connectivity index (χ4n) is 1.42. The predicted octanol–water partition coefficient (Wildman–Crippen LogP) is 0.523. The quantitative estimate of drug-likeness (QED) is 0.800. The minimum absolute atomic E-state index is 0.0994. The van der Waals surface area contributed by atoms with Gasteiger partial charge in [-0.25, -0.2) is 9.97 Å². The van der Waals surface area contributed by atoms with E-state index in [1.165, 1.54) is 6.20 Å². The van der Waals surface area contributed by atoms with Gasteiger partial charge < -0.3 is 14.8 Å². The second-order valence-corrected chi connectivity index (χ2v) is 3.35. The first-order valence-electron chi connectivity index (χ1n) is 5.04. The van der Waals surface area contributed by atoms with Crippen molar-refractivity contribution in [3.8, 4) is 6.07 Å². The van der Waals surface area contributed by atoms with Crippen LogP contribution in [0.4, 0.5) is 5.82 Å². The van der Waals surface area contributed by atoms with Crippen LogP contribution in [0.2, 0.25) is 0 Å². The molecule has 6 nitrogen and oxygen atoms in total. The molecule has 0 bridgehead atoms. The van der Waals surface area contributed by atoms with Gasteiger partial charge in [-0.2, -0.15) is 5.26 Å². The normalized spacial score (nSPS) is 20.1. The lowest BCUT2D eigenvalue weighted by Gasteiger charge is -2.23. The van der Waals surface area contributed by atoms with Gasteiger partial charge in [0.05, 0.1) is 12.7 Å². The van der Waals surface area contributed by atoms with E-state index in [1.54, 1.807) is 6.20 Å². The van der Waals surface area contributed by atoms with E-state index in [1.807, 2.05) is 6.07 Å². The van der Waals surface area contributed by atoms with Crippen LogP contribution in [-0.2, 0) is 9.47 Å². The minimum atomic E-state index is 0.0994. The Bertz CT molecular complexity index is 385. The molecule has 0 radical (unpaired) electrons. The van der Waals surface area contributed by atoms with Crippen LogP contribution in [0.5, 0.6) is 0 Å². The summed E-state index contributed by atoms with van der Waals surface area (Å²) in [5.74, 6) is 0.500. The van der Waals surface area contributed by atoms with Crippen molar-refractivity contribution in [1.29, 1.82) is 5.26 Å². The van der Waals surface area contributed by atoms with Crippen molar-refractivity contribution in [3.63, 3.8) is 0 Å². The Hall–Kier alpha value is -1.71. The summed E-state index contributed by atoms with van der Waals surface area (Å²) in [6.45, 7) is 1.65. The average molecular weight is 220 g/mol. The first-order chi connectivity index (χ1) is 7.90. The zero-order chi connectivity index (χ0) is 11.2. The molecule has 0 aliphatic carbocycles. The Labute approximate surface area is 93.2 Å². The number of hydrogen-bond donors (Lipinski definition) is 1. The van der Waals surface area contributed by atoms with Gasteiger partial charge in [-0.3, -0.25) is 0 Å². The van der Waals surface area contributed by atoms with Crippen LogP contribution in [-0.4, -0.2) is 36.0 Å². The monoisotopic (exact) mass is 220 g/mol. The third-order valence-corrected chi connectivity index (χ3v) is 2.27. The molecule has 2 rings (SSSR count). The first kappa shape index (κ1) is 10.8. The molecule has 1 aromatic heterocycles. The summed E-state index contributed by atoms with van der Waals surface area (Å²) in [7, 11) is 0. The molecule has 1 aromatic rings. The number of anilines is 1. The van der Waals surface area contributed by atoms with E-state index < -0.39 is 0 Å². The van der Waals surface area contributed by atoms with E-state index in [4.69, 9.17) is 14.7 Å². The highest BCUT2D eigenvalue weighted by Gasteiger charge is 2.14. The summed E-state index contributed by atoms with van der Waals surface area (Å²) in [6, 6.07) is 1.98. The maximum Gasteiger partial charge on any atom is 0.182 e. The molecule has 0 amide bonds. The third-order valence-electron chi connectivity index (χ3n) is 2.27. The van der Waals surface area contributed by atoms with Gasteiger partial charge in [-0.05, 0) is 6.42 Å². The van der Waals surface area contributed by atoms with Crippen LogP contribution < -0.4 is 5.32 Å². The summed E-state index contributed by atoms with van der Waals surface area (Å²) in [4.78, 5) is 7.96. The van der Waals surface area contributed by atoms with Crippen LogP contribution in [0.15, 0.2) is 12.4 Å². The molecular weight excluding hydrogens is 208 g/mol. The number of nitriles is 1. The summed E-state index contributed by atoms with van der Waals surface area (Å²) < 4.78 is 10.4. The molecule has 0 saturated carbocycles. The van der Waals surface area contributed by atoms with Gasteiger partial charge in [0.2, 0.25) is 0 Å². The van der Waals surface area contributed by atoms with Gasteiger partial charge in [-0.1, -0.05) is 0 Å². The molecule has 2 heterocycles. The van der Waals surface area contributed by atoms with Crippen molar-refractivity contribution < 1.29 is 9.47 Å². The van der Waals surface area contributed by atoms with E-state index in [2.05, 4.69) is 15.3 Å². The van der Waals surface area contributed by atoms with E-state index in [9.17, 15) is 0 Å². The number of rotatable bonds is 3. The van der Waals surface area contributed by atoms with Crippen molar-refractivity contribution in [2.24, 2.45) is 0 Å². The number of nitrogens with zero attached hydrogens (tertiary/aromatic N) is 3. The van der Waals surface area contributed by atoms with E-state index in [0.29, 0.717) is 31.5 Å². The van der Waals surface area contributed by atoms with Crippen LogP contribution in [0.3, 0.4) is 0 Å². The largest absolute Gasteiger partial charge is 0.365 e. The summed E-state index contributed by atoms with van der Waals surface area (Å²) in [6.07, 6.45) is 3.99. The lowest BCUT2D eigenvalue weighted by Crippen LogP contribution is -2.30. The highest BCUT2D eigenvalue weighted by Crippen LogP contribution is 2.10. The van der Waals surface area contributed by atoms with Crippen LogP contribution in [0, 0.1) is 11.3 Å². The van der Waals surface area contributed by atoms with Gasteiger partial charge >= 0.3 is 0 Å². The zero-order valence-corrected chi connectivity index (χ0v) is 8.72. The lowest BCUT2D eigenvalue weighted by atomic mass is 10.2. The molecule has 16 heavy (non-hydrogen) atoms. The fraction of sp³-hybridized carbons (Fsp3) is 0.500. The molecule has 0 spiro atoms. The topological polar surface area (TPSA) is 80.1 Å². The third kappa shape index (κ3) is 2.66. The molecular formula is C10H12N4O2. The molecule has 0 aromatic carbocycles. The molecule has 1 saturated heterocycles. The van der Waals surface area contributed by atoms with E-state index in [-0.39, 0.29) is 6.10 Å². The fourth-order valence-corrected chi connectivity index (χ4v) is 1.42. The van der Waals surface area contributed by atoms with E-state index >= 15 is 0 Å². The van der Waals surface area contributed by atoms with Gasteiger partial charge in [0, 0.05) is 18.9 Å². The smallest absolute Gasteiger partial charge is 0.182 e. The first-order valence-corrected chi connectivity index (χ1v) is 5.04. The Balaban J connectivity index is 1.91. The Morgan fingerprint density at radius 1 is 1.50 bits per heavy atom. The summed E-state index contributed by atoms with van der Waals surface area (Å²) >= 11 is 0. The van der Waals surface area contributed by atoms with Crippen LogP contribution in [0.25, 0.3) is 0 Å². The molecule has 84 valence electrons. The molecule has 1 aliphatic heterocycles. The SMILES string of the molecule is N#Cc1nccnc1NC[C@H]1CCOCO1. The molecule has 1 fully saturated rings. The lowest BCUT2D eigenvalue weighted by molar-refractivity contribution is -0.133. The maximum atomic E-state index is 8.81. The van der Waals surface area contributed by atoms with Gasteiger partial charge in [0.1, 0.15) is 12.9 Å². The Morgan fingerprint density at radius 2 is 2.38 bits per heavy atom. The van der Waals surface area contributed by atoms with Gasteiger partial charge in [0.15, 0.2) is 11.5 Å². The van der Waals surface area contributed by atoms with Crippen molar-refractivity contribution in [3.05, 3.63) is 18.1 Å². The Kier molecular flexibility index (Phi) is 3.64. The average Bonchev–Trinajstić information content (AvgIpc) is 2.38. The second-order valence-electron chi connectivity index (χ2n) is 3.35. The number of nitrogens with one attached hydrogen (secondary N) is 1. The number of ether oxygens (including phenoxy) is 2. The molecule has 1 aliphatic rings. The standard InChI is InChI=1S/C10H12N4O2/c11-5-9-10(13-3-2-12-9)14-6-8-1-4-15-7-16-8/h2-3,8H,1,4,6-7H2,(H,13,14)/t8-/m1/s1. The highest BCUT2D eigenvalue weighted by molar-refractivity contribution is 5.46. The summed E-state index contributed by atoms with van der Waals surface area (Å²) in [5.41, 5.74) is 0.301. The van der Waals surface area contributed by atoms with Crippen molar-refractivity contribution in [1.82, 2.24) is 9.97 Å². The Morgan fingerprint density at radius 3 is 3.12 bits per heavy atom. The van der Waals surface area contributed by atoms with Crippen LogP contribution in [0.1, 0.15) is 12.1 Å². The van der Waals surface area contributed by atoms with Gasteiger partial charge in [0.25, 0.3) is 0 Å².